The Bertz CT molecular complexity index is 1320. The third-order valence-corrected chi connectivity index (χ3v) is 5.91. The highest BCUT2D eigenvalue weighted by Crippen LogP contribution is 2.30. The molecule has 9 heteroatoms. The minimum atomic E-state index is -0.211. The van der Waals surface area contributed by atoms with E-state index < -0.39 is 0 Å². The Balaban J connectivity index is 1.34. The monoisotopic (exact) mass is 429 g/mol. The second kappa shape index (κ2) is 8.26. The van der Waals surface area contributed by atoms with Crippen molar-refractivity contribution < 1.29 is 9.59 Å². The van der Waals surface area contributed by atoms with Gasteiger partial charge in [0.25, 0.3) is 0 Å². The molecule has 0 radical (unpaired) electrons. The van der Waals surface area contributed by atoms with E-state index in [0.717, 1.165) is 46.2 Å². The summed E-state index contributed by atoms with van der Waals surface area (Å²) in [5, 5.41) is 12.5. The maximum absolute atomic E-state index is 12.7. The summed E-state index contributed by atoms with van der Waals surface area (Å²) >= 11 is 0. The lowest BCUT2D eigenvalue weighted by Gasteiger charge is -2.31. The highest BCUT2D eigenvalue weighted by molar-refractivity contribution is 5.97. The van der Waals surface area contributed by atoms with E-state index in [1.807, 2.05) is 24.3 Å². The Morgan fingerprint density at radius 2 is 2.16 bits per heavy atom. The van der Waals surface area contributed by atoms with Gasteiger partial charge in [0.2, 0.25) is 11.8 Å². The quantitative estimate of drug-likeness (QED) is 0.473. The second-order valence-corrected chi connectivity index (χ2v) is 7.92. The van der Waals surface area contributed by atoms with Crippen LogP contribution in [-0.2, 0) is 16.1 Å². The summed E-state index contributed by atoms with van der Waals surface area (Å²) < 4.78 is 1.60. The zero-order valence-corrected chi connectivity index (χ0v) is 17.5. The number of carbonyl (C=O) groups excluding carboxylic acids is 2. The van der Waals surface area contributed by atoms with Crippen molar-refractivity contribution in [2.24, 2.45) is 5.92 Å². The van der Waals surface area contributed by atoms with E-state index in [9.17, 15) is 9.59 Å². The first-order valence-corrected chi connectivity index (χ1v) is 10.6. The maximum atomic E-state index is 12.7. The van der Waals surface area contributed by atoms with E-state index in [4.69, 9.17) is 0 Å². The standard InChI is InChI=1S/C23H23N7O2/c1-2-21(31)29-10-4-5-15(14-29)23(32)25-12-16-11-18-17(7-9-24-22(18)28-16)19-13-27-30-20(19)6-3-8-26-30/h2-3,6-9,11,13,15H,1,4-5,10,12,14H2,(H,24,28)(H,25,32)/t15-/m0/s1. The lowest BCUT2D eigenvalue weighted by atomic mass is 9.97. The Kier molecular flexibility index (Phi) is 5.14. The van der Waals surface area contributed by atoms with Crippen molar-refractivity contribution in [2.45, 2.75) is 19.4 Å². The van der Waals surface area contributed by atoms with Crippen LogP contribution in [0.15, 0.2) is 55.5 Å². The predicted molar refractivity (Wildman–Crippen MR) is 119 cm³/mol. The largest absolute Gasteiger partial charge is 0.350 e. The van der Waals surface area contributed by atoms with Crippen molar-refractivity contribution in [3.63, 3.8) is 0 Å². The molecule has 1 aliphatic rings. The van der Waals surface area contributed by atoms with Gasteiger partial charge in [-0.2, -0.15) is 14.8 Å². The summed E-state index contributed by atoms with van der Waals surface area (Å²) in [6.45, 7) is 4.99. The van der Waals surface area contributed by atoms with Gasteiger partial charge in [-0.15, -0.1) is 0 Å². The first-order chi connectivity index (χ1) is 15.6. The van der Waals surface area contributed by atoms with Crippen LogP contribution in [0, 0.1) is 5.92 Å². The molecule has 1 fully saturated rings. The SMILES string of the molecule is C=CC(=O)N1CCC[C@H](C(=O)NCc2cc3c(-c4cnn5ncccc45)ccnc3[nH]2)C1. The van der Waals surface area contributed by atoms with Crippen LogP contribution < -0.4 is 5.32 Å². The van der Waals surface area contributed by atoms with E-state index in [0.29, 0.717) is 19.6 Å². The number of amides is 2. The number of carbonyl (C=O) groups is 2. The summed E-state index contributed by atoms with van der Waals surface area (Å²) in [6.07, 6.45) is 8.13. The fraction of sp³-hybridized carbons (Fsp3) is 0.261. The van der Waals surface area contributed by atoms with E-state index in [-0.39, 0.29) is 17.7 Å². The van der Waals surface area contributed by atoms with Crippen LogP contribution in [0.5, 0.6) is 0 Å². The van der Waals surface area contributed by atoms with Crippen LogP contribution in [0.3, 0.4) is 0 Å². The number of hydrogen-bond donors (Lipinski definition) is 2. The third-order valence-electron chi connectivity index (χ3n) is 5.91. The molecule has 1 aliphatic heterocycles. The van der Waals surface area contributed by atoms with E-state index >= 15 is 0 Å². The van der Waals surface area contributed by atoms with Crippen molar-refractivity contribution in [3.8, 4) is 11.1 Å². The minimum absolute atomic E-state index is 0.0490. The van der Waals surface area contributed by atoms with Gasteiger partial charge in [-0.05, 0) is 48.7 Å². The Morgan fingerprint density at radius 3 is 3.03 bits per heavy atom. The number of likely N-dealkylation sites (tertiary alicyclic amines) is 1. The van der Waals surface area contributed by atoms with Gasteiger partial charge < -0.3 is 15.2 Å². The number of nitrogens with one attached hydrogen (secondary N) is 2. The number of aromatic nitrogens is 5. The van der Waals surface area contributed by atoms with Gasteiger partial charge in [0, 0.05) is 42.1 Å². The van der Waals surface area contributed by atoms with Gasteiger partial charge in [-0.3, -0.25) is 9.59 Å². The summed E-state index contributed by atoms with van der Waals surface area (Å²) in [7, 11) is 0. The molecule has 5 rings (SSSR count). The number of aromatic amines is 1. The number of piperidine rings is 1. The molecule has 0 spiro atoms. The number of H-pyrrole nitrogens is 1. The molecule has 4 aromatic rings. The molecule has 2 N–H and O–H groups in total. The smallest absolute Gasteiger partial charge is 0.245 e. The zero-order valence-electron chi connectivity index (χ0n) is 17.5. The van der Waals surface area contributed by atoms with Gasteiger partial charge in [0.05, 0.1) is 24.2 Å². The number of hydrogen-bond acceptors (Lipinski definition) is 5. The lowest BCUT2D eigenvalue weighted by Crippen LogP contribution is -2.44. The Hall–Kier alpha value is -4.01. The maximum Gasteiger partial charge on any atom is 0.245 e. The van der Waals surface area contributed by atoms with Crippen LogP contribution in [0.1, 0.15) is 18.5 Å². The molecule has 0 aliphatic carbocycles. The van der Waals surface area contributed by atoms with Crippen LogP contribution in [0.25, 0.3) is 27.7 Å². The highest BCUT2D eigenvalue weighted by Gasteiger charge is 2.27. The summed E-state index contributed by atoms with van der Waals surface area (Å²) in [5.41, 5.74) is 4.48. The van der Waals surface area contributed by atoms with Crippen LogP contribution in [0.2, 0.25) is 0 Å². The van der Waals surface area contributed by atoms with Crippen LogP contribution in [0.4, 0.5) is 0 Å². The van der Waals surface area contributed by atoms with Gasteiger partial charge in [0.1, 0.15) is 5.65 Å². The highest BCUT2D eigenvalue weighted by atomic mass is 16.2. The summed E-state index contributed by atoms with van der Waals surface area (Å²) in [5.74, 6) is -0.385. The molecule has 1 saturated heterocycles. The molecule has 1 atom stereocenters. The van der Waals surface area contributed by atoms with E-state index in [2.05, 4.69) is 32.1 Å². The Morgan fingerprint density at radius 1 is 1.25 bits per heavy atom. The predicted octanol–water partition coefficient (Wildman–Crippen LogP) is 2.31. The van der Waals surface area contributed by atoms with Gasteiger partial charge in [-0.1, -0.05) is 6.58 Å². The molecule has 0 aromatic carbocycles. The van der Waals surface area contributed by atoms with Crippen LogP contribution >= 0.6 is 0 Å². The average molecular weight is 429 g/mol. The van der Waals surface area contributed by atoms with E-state index in [1.54, 1.807) is 28.1 Å². The molecule has 0 unspecified atom stereocenters. The molecule has 9 nitrogen and oxygen atoms in total. The van der Waals surface area contributed by atoms with Crippen molar-refractivity contribution in [3.05, 3.63) is 61.2 Å². The van der Waals surface area contributed by atoms with Gasteiger partial charge >= 0.3 is 0 Å². The van der Waals surface area contributed by atoms with Gasteiger partial charge in [-0.25, -0.2) is 4.98 Å². The summed E-state index contributed by atoms with van der Waals surface area (Å²) in [4.78, 5) is 34.0. The third kappa shape index (κ3) is 3.62. The normalized spacial score (nSPS) is 16.4. The molecular formula is C23H23N7O2. The number of rotatable bonds is 5. The van der Waals surface area contributed by atoms with Gasteiger partial charge in [0.15, 0.2) is 0 Å². The van der Waals surface area contributed by atoms with Crippen LogP contribution in [-0.4, -0.2) is 54.6 Å². The molecule has 4 aromatic heterocycles. The molecular weight excluding hydrogens is 406 g/mol. The number of pyridine rings is 1. The molecule has 162 valence electrons. The van der Waals surface area contributed by atoms with Crippen molar-refractivity contribution >= 4 is 28.4 Å². The zero-order chi connectivity index (χ0) is 22.1. The van der Waals surface area contributed by atoms with Crippen molar-refractivity contribution in [2.75, 3.05) is 13.1 Å². The van der Waals surface area contributed by atoms with Crippen molar-refractivity contribution in [1.82, 2.24) is 35.0 Å². The molecule has 0 bridgehead atoms. The fourth-order valence-electron chi connectivity index (χ4n) is 4.30. The lowest BCUT2D eigenvalue weighted by molar-refractivity contribution is -0.132. The average Bonchev–Trinajstić information content (AvgIpc) is 3.46. The number of nitrogens with zero attached hydrogens (tertiary/aromatic N) is 5. The molecule has 0 saturated carbocycles. The minimum Gasteiger partial charge on any atom is -0.350 e. The first kappa shape index (κ1) is 19.9. The fourth-order valence-corrected chi connectivity index (χ4v) is 4.30. The molecule has 2 amide bonds. The summed E-state index contributed by atoms with van der Waals surface area (Å²) in [6, 6.07) is 7.81. The Labute approximate surface area is 184 Å². The molecule has 5 heterocycles. The topological polar surface area (TPSA) is 108 Å². The first-order valence-electron chi connectivity index (χ1n) is 10.6. The number of fused-ring (bicyclic) bond motifs is 2. The van der Waals surface area contributed by atoms with E-state index in [1.165, 1.54) is 6.08 Å². The molecule has 32 heavy (non-hydrogen) atoms. The van der Waals surface area contributed by atoms with Crippen molar-refractivity contribution in [1.29, 1.82) is 0 Å². The second-order valence-electron chi connectivity index (χ2n) is 7.92.